The molecule has 0 bridgehead atoms. The number of fused-ring (bicyclic) bond motifs is 3. The number of rotatable bonds is 4. The standard InChI is InChI=1S/C26H29NO8/c1-25(2)19-12-26(15-33-22(19)18-7-4-8-20(28)23(18)35-25)14-27(9-10-34-26)24(31)16-5-3-6-17(11-16)32-13-21(29)30/h3-8,11,19,22,28H,9-10,12-15H2,1-2H3,(H,29,30)/t19-,22+,26+/m0/s1. The van der Waals surface area contributed by atoms with E-state index in [2.05, 4.69) is 0 Å². The summed E-state index contributed by atoms with van der Waals surface area (Å²) in [5.41, 5.74) is -0.0482. The van der Waals surface area contributed by atoms with Gasteiger partial charge in [0.05, 0.1) is 25.9 Å². The molecule has 2 N–H and O–H groups in total. The number of para-hydroxylation sites is 1. The minimum Gasteiger partial charge on any atom is -0.504 e. The topological polar surface area (TPSA) is 115 Å². The number of nitrogens with zero attached hydrogens (tertiary/aromatic N) is 1. The summed E-state index contributed by atoms with van der Waals surface area (Å²) in [5, 5.41) is 19.2. The normalized spacial score (nSPS) is 26.9. The highest BCUT2D eigenvalue weighted by molar-refractivity contribution is 5.94. The van der Waals surface area contributed by atoms with Gasteiger partial charge >= 0.3 is 5.97 Å². The maximum absolute atomic E-state index is 13.3. The van der Waals surface area contributed by atoms with E-state index in [1.807, 2.05) is 19.9 Å². The summed E-state index contributed by atoms with van der Waals surface area (Å²) in [7, 11) is 0. The van der Waals surface area contributed by atoms with Gasteiger partial charge in [0.1, 0.15) is 17.0 Å². The van der Waals surface area contributed by atoms with Crippen molar-refractivity contribution in [3.8, 4) is 17.2 Å². The van der Waals surface area contributed by atoms with E-state index in [0.717, 1.165) is 5.56 Å². The van der Waals surface area contributed by atoms with E-state index >= 15 is 0 Å². The van der Waals surface area contributed by atoms with Crippen LogP contribution in [0.4, 0.5) is 0 Å². The van der Waals surface area contributed by atoms with Crippen molar-refractivity contribution < 1.29 is 38.7 Å². The molecule has 9 nitrogen and oxygen atoms in total. The Morgan fingerprint density at radius 1 is 1.20 bits per heavy atom. The molecule has 2 aromatic rings. The van der Waals surface area contributed by atoms with Crippen LogP contribution in [0.15, 0.2) is 42.5 Å². The Kier molecular flexibility index (Phi) is 5.85. The first-order valence-corrected chi connectivity index (χ1v) is 11.7. The number of carbonyl (C=O) groups is 2. The largest absolute Gasteiger partial charge is 0.504 e. The van der Waals surface area contributed by atoms with Gasteiger partial charge in [0.15, 0.2) is 18.1 Å². The van der Waals surface area contributed by atoms with Crippen LogP contribution in [0.25, 0.3) is 0 Å². The average Bonchev–Trinajstić information content (AvgIpc) is 2.83. The van der Waals surface area contributed by atoms with Crippen LogP contribution < -0.4 is 9.47 Å². The molecule has 0 saturated carbocycles. The van der Waals surface area contributed by atoms with Crippen molar-refractivity contribution in [3.05, 3.63) is 53.6 Å². The number of benzene rings is 2. The van der Waals surface area contributed by atoms with E-state index in [1.54, 1.807) is 41.3 Å². The lowest BCUT2D eigenvalue weighted by Crippen LogP contribution is -2.62. The Morgan fingerprint density at radius 3 is 2.80 bits per heavy atom. The van der Waals surface area contributed by atoms with Crippen LogP contribution in [-0.4, -0.2) is 71.1 Å². The number of phenolic OH excluding ortho intramolecular Hbond substituents is 1. The zero-order valence-corrected chi connectivity index (χ0v) is 19.7. The third-order valence-electron chi connectivity index (χ3n) is 7.05. The number of amides is 1. The molecule has 0 aliphatic carbocycles. The molecular weight excluding hydrogens is 454 g/mol. The summed E-state index contributed by atoms with van der Waals surface area (Å²) in [5.74, 6) is -0.425. The maximum Gasteiger partial charge on any atom is 0.341 e. The van der Waals surface area contributed by atoms with Gasteiger partial charge in [-0.15, -0.1) is 0 Å². The van der Waals surface area contributed by atoms with Crippen molar-refractivity contribution in [2.24, 2.45) is 5.92 Å². The fourth-order valence-corrected chi connectivity index (χ4v) is 5.33. The Bertz CT molecular complexity index is 1150. The van der Waals surface area contributed by atoms with Crippen LogP contribution in [0, 0.1) is 5.92 Å². The number of carboxylic acids is 1. The molecule has 3 atom stereocenters. The Labute approximate surface area is 203 Å². The fourth-order valence-electron chi connectivity index (χ4n) is 5.33. The minimum atomic E-state index is -1.08. The predicted molar refractivity (Wildman–Crippen MR) is 124 cm³/mol. The molecule has 1 spiro atoms. The molecule has 35 heavy (non-hydrogen) atoms. The van der Waals surface area contributed by atoms with E-state index in [0.29, 0.717) is 49.8 Å². The quantitative estimate of drug-likeness (QED) is 0.682. The molecule has 0 unspecified atom stereocenters. The number of aromatic hydroxyl groups is 1. The molecule has 9 heteroatoms. The number of carboxylic acid groups (broad SMARTS) is 1. The molecule has 2 fully saturated rings. The molecule has 5 rings (SSSR count). The lowest BCUT2D eigenvalue weighted by molar-refractivity contribution is -0.226. The second kappa shape index (κ2) is 8.73. The van der Waals surface area contributed by atoms with Crippen molar-refractivity contribution in [2.45, 2.75) is 37.6 Å². The second-order valence-corrected chi connectivity index (χ2v) is 9.91. The van der Waals surface area contributed by atoms with Gasteiger partial charge < -0.3 is 34.1 Å². The molecular formula is C26H29NO8. The number of hydrogen-bond donors (Lipinski definition) is 2. The summed E-state index contributed by atoms with van der Waals surface area (Å²) in [6, 6.07) is 11.8. The van der Waals surface area contributed by atoms with Gasteiger partial charge in [-0.1, -0.05) is 18.2 Å². The number of phenols is 1. The highest BCUT2D eigenvalue weighted by Gasteiger charge is 2.54. The van der Waals surface area contributed by atoms with Gasteiger partial charge in [-0.3, -0.25) is 4.79 Å². The first-order chi connectivity index (χ1) is 16.7. The third kappa shape index (κ3) is 4.41. The third-order valence-corrected chi connectivity index (χ3v) is 7.05. The second-order valence-electron chi connectivity index (χ2n) is 9.91. The Hall–Kier alpha value is -3.30. The first kappa shape index (κ1) is 23.4. The van der Waals surface area contributed by atoms with E-state index in [1.165, 1.54) is 0 Å². The van der Waals surface area contributed by atoms with Gasteiger partial charge in [-0.25, -0.2) is 4.79 Å². The minimum absolute atomic E-state index is 0.0478. The average molecular weight is 484 g/mol. The molecule has 3 heterocycles. The van der Waals surface area contributed by atoms with E-state index in [9.17, 15) is 14.7 Å². The summed E-state index contributed by atoms with van der Waals surface area (Å²) in [6.45, 7) is 4.97. The van der Waals surface area contributed by atoms with Crippen LogP contribution in [0.2, 0.25) is 0 Å². The van der Waals surface area contributed by atoms with E-state index < -0.39 is 23.8 Å². The van der Waals surface area contributed by atoms with Crippen LogP contribution in [0.3, 0.4) is 0 Å². The number of hydrogen-bond acceptors (Lipinski definition) is 7. The van der Waals surface area contributed by atoms with Gasteiger partial charge in [-0.2, -0.15) is 0 Å². The number of ether oxygens (including phenoxy) is 4. The first-order valence-electron chi connectivity index (χ1n) is 11.7. The number of carbonyl (C=O) groups excluding carboxylic acids is 1. The van der Waals surface area contributed by atoms with Crippen molar-refractivity contribution >= 4 is 11.9 Å². The Balaban J connectivity index is 1.34. The summed E-state index contributed by atoms with van der Waals surface area (Å²) >= 11 is 0. The van der Waals surface area contributed by atoms with Crippen molar-refractivity contribution in [3.63, 3.8) is 0 Å². The van der Waals surface area contributed by atoms with Crippen molar-refractivity contribution in [1.29, 1.82) is 0 Å². The molecule has 186 valence electrons. The maximum atomic E-state index is 13.3. The van der Waals surface area contributed by atoms with Gasteiger partial charge in [-0.05, 0) is 44.5 Å². The smallest absolute Gasteiger partial charge is 0.341 e. The van der Waals surface area contributed by atoms with Crippen LogP contribution in [0.1, 0.15) is 42.3 Å². The zero-order chi connectivity index (χ0) is 24.8. The summed E-state index contributed by atoms with van der Waals surface area (Å²) in [4.78, 5) is 25.9. The molecule has 1 amide bonds. The number of aliphatic carboxylic acids is 1. The predicted octanol–water partition coefficient (Wildman–Crippen LogP) is 3.02. The molecule has 0 aromatic heterocycles. The summed E-state index contributed by atoms with van der Waals surface area (Å²) < 4.78 is 24.1. The molecule has 2 aromatic carbocycles. The SMILES string of the molecule is CC1(C)Oc2c(O)cccc2[C@H]2OC[C@@]3(C[C@@H]21)CN(C(=O)c1cccc(OCC(=O)O)c1)CCO3. The number of morpholine rings is 1. The summed E-state index contributed by atoms with van der Waals surface area (Å²) in [6.07, 6.45) is 0.384. The lowest BCUT2D eigenvalue weighted by atomic mass is 9.71. The van der Waals surface area contributed by atoms with Crippen molar-refractivity contribution in [2.75, 3.05) is 32.9 Å². The van der Waals surface area contributed by atoms with Crippen molar-refractivity contribution in [1.82, 2.24) is 4.90 Å². The lowest BCUT2D eigenvalue weighted by Gasteiger charge is -2.54. The van der Waals surface area contributed by atoms with Crippen LogP contribution >= 0.6 is 0 Å². The zero-order valence-electron chi connectivity index (χ0n) is 19.7. The van der Waals surface area contributed by atoms with Gasteiger partial charge in [0, 0.05) is 23.6 Å². The highest BCUT2D eigenvalue weighted by Crippen LogP contribution is 2.54. The van der Waals surface area contributed by atoms with Gasteiger partial charge in [0.25, 0.3) is 5.91 Å². The van der Waals surface area contributed by atoms with E-state index in [-0.39, 0.29) is 23.7 Å². The highest BCUT2D eigenvalue weighted by atomic mass is 16.6. The molecule has 3 aliphatic heterocycles. The van der Waals surface area contributed by atoms with Gasteiger partial charge in [0.2, 0.25) is 0 Å². The van der Waals surface area contributed by atoms with Crippen LogP contribution in [-0.2, 0) is 14.3 Å². The van der Waals surface area contributed by atoms with Crippen LogP contribution in [0.5, 0.6) is 17.2 Å². The Morgan fingerprint density at radius 2 is 2.00 bits per heavy atom. The fraction of sp³-hybridized carbons (Fsp3) is 0.462. The molecule has 0 radical (unpaired) electrons. The monoisotopic (exact) mass is 483 g/mol. The van der Waals surface area contributed by atoms with E-state index in [4.69, 9.17) is 24.1 Å². The molecule has 3 aliphatic rings. The molecule has 2 saturated heterocycles.